The summed E-state index contributed by atoms with van der Waals surface area (Å²) in [6, 6.07) is 3.94. The van der Waals surface area contributed by atoms with Crippen molar-refractivity contribution in [3.05, 3.63) is 23.8 Å². The second kappa shape index (κ2) is 5.16. The van der Waals surface area contributed by atoms with Crippen LogP contribution in [-0.2, 0) is 0 Å². The average Bonchev–Trinajstić information content (AvgIpc) is 2.37. The van der Waals surface area contributed by atoms with Gasteiger partial charge in [0.25, 0.3) is 0 Å². The summed E-state index contributed by atoms with van der Waals surface area (Å²) < 4.78 is 17.4. The molecule has 1 atom stereocenters. The van der Waals surface area contributed by atoms with E-state index in [2.05, 4.69) is 13.0 Å². The molecule has 1 aliphatic rings. The Kier molecular flexibility index (Phi) is 3.74. The van der Waals surface area contributed by atoms with Crippen LogP contribution in [0.15, 0.2) is 18.2 Å². The van der Waals surface area contributed by atoms with E-state index in [0.717, 1.165) is 23.5 Å². The van der Waals surface area contributed by atoms with Gasteiger partial charge < -0.3 is 14.2 Å². The van der Waals surface area contributed by atoms with E-state index in [1.165, 1.54) is 0 Å². The first-order valence-corrected chi connectivity index (χ1v) is 6.72. The standard InChI is InChI=1S/C16H22O3/c1-6-11(2)18-13-8-7-12-9-10-16(3,4)19-14(12)15(13)17-5/h7-11H,6H2,1-5H3. The van der Waals surface area contributed by atoms with Crippen LogP contribution >= 0.6 is 0 Å². The molecule has 0 saturated carbocycles. The number of hydrogen-bond donors (Lipinski definition) is 0. The first kappa shape index (κ1) is 13.8. The van der Waals surface area contributed by atoms with Crippen LogP contribution in [0.1, 0.15) is 39.7 Å². The number of fused-ring (bicyclic) bond motifs is 1. The van der Waals surface area contributed by atoms with Crippen LogP contribution in [0, 0.1) is 0 Å². The number of benzene rings is 1. The summed E-state index contributed by atoms with van der Waals surface area (Å²) in [5.74, 6) is 2.17. The van der Waals surface area contributed by atoms with Gasteiger partial charge in [0.15, 0.2) is 11.5 Å². The van der Waals surface area contributed by atoms with Crippen molar-refractivity contribution in [3.63, 3.8) is 0 Å². The molecule has 1 unspecified atom stereocenters. The van der Waals surface area contributed by atoms with Crippen LogP contribution in [0.3, 0.4) is 0 Å². The van der Waals surface area contributed by atoms with Crippen molar-refractivity contribution in [1.82, 2.24) is 0 Å². The highest BCUT2D eigenvalue weighted by molar-refractivity contribution is 5.68. The zero-order valence-electron chi connectivity index (χ0n) is 12.3. The summed E-state index contributed by atoms with van der Waals surface area (Å²) in [5.41, 5.74) is 0.697. The minimum absolute atomic E-state index is 0.152. The van der Waals surface area contributed by atoms with Crippen LogP contribution in [0.5, 0.6) is 17.2 Å². The molecule has 19 heavy (non-hydrogen) atoms. The summed E-state index contributed by atoms with van der Waals surface area (Å²) in [6.45, 7) is 8.18. The predicted molar refractivity (Wildman–Crippen MR) is 77.1 cm³/mol. The van der Waals surface area contributed by atoms with Gasteiger partial charge in [0.05, 0.1) is 13.2 Å². The van der Waals surface area contributed by atoms with Crippen LogP contribution in [0.2, 0.25) is 0 Å². The highest BCUT2D eigenvalue weighted by atomic mass is 16.5. The van der Waals surface area contributed by atoms with E-state index in [9.17, 15) is 0 Å². The molecule has 0 radical (unpaired) electrons. The maximum atomic E-state index is 6.01. The lowest BCUT2D eigenvalue weighted by Crippen LogP contribution is -2.27. The molecule has 0 aliphatic carbocycles. The van der Waals surface area contributed by atoms with Crippen molar-refractivity contribution in [1.29, 1.82) is 0 Å². The van der Waals surface area contributed by atoms with Gasteiger partial charge in [0, 0.05) is 5.56 Å². The van der Waals surface area contributed by atoms with Crippen LogP contribution in [-0.4, -0.2) is 18.8 Å². The predicted octanol–water partition coefficient (Wildman–Crippen LogP) is 4.06. The SMILES string of the molecule is CCC(C)Oc1ccc2c(c1OC)OC(C)(C)C=C2. The van der Waals surface area contributed by atoms with Gasteiger partial charge in [-0.05, 0) is 45.4 Å². The Balaban J connectivity index is 2.42. The molecule has 3 nitrogen and oxygen atoms in total. The van der Waals surface area contributed by atoms with Gasteiger partial charge in [-0.15, -0.1) is 0 Å². The number of rotatable bonds is 4. The molecule has 104 valence electrons. The van der Waals surface area contributed by atoms with Gasteiger partial charge in [-0.1, -0.05) is 13.0 Å². The van der Waals surface area contributed by atoms with Gasteiger partial charge in [-0.25, -0.2) is 0 Å². The Hall–Kier alpha value is -1.64. The van der Waals surface area contributed by atoms with Crippen molar-refractivity contribution in [2.24, 2.45) is 0 Å². The van der Waals surface area contributed by atoms with E-state index in [-0.39, 0.29) is 11.7 Å². The molecule has 0 spiro atoms. The molecule has 0 fully saturated rings. The van der Waals surface area contributed by atoms with Crippen LogP contribution in [0.25, 0.3) is 6.08 Å². The monoisotopic (exact) mass is 262 g/mol. The fraction of sp³-hybridized carbons (Fsp3) is 0.500. The third-order valence-electron chi connectivity index (χ3n) is 3.24. The van der Waals surface area contributed by atoms with Gasteiger partial charge in [-0.2, -0.15) is 0 Å². The van der Waals surface area contributed by atoms with Gasteiger partial charge >= 0.3 is 0 Å². The summed E-state index contributed by atoms with van der Waals surface area (Å²) in [6.07, 6.45) is 5.21. The Bertz CT molecular complexity index is 489. The fourth-order valence-electron chi connectivity index (χ4n) is 1.97. The highest BCUT2D eigenvalue weighted by Crippen LogP contribution is 2.44. The maximum Gasteiger partial charge on any atom is 0.203 e. The summed E-state index contributed by atoms with van der Waals surface area (Å²) in [5, 5.41) is 0. The molecule has 0 saturated heterocycles. The van der Waals surface area contributed by atoms with Crippen molar-refractivity contribution in [2.45, 2.75) is 45.8 Å². The maximum absolute atomic E-state index is 6.01. The van der Waals surface area contributed by atoms with E-state index >= 15 is 0 Å². The topological polar surface area (TPSA) is 27.7 Å². The molecule has 2 rings (SSSR count). The van der Waals surface area contributed by atoms with E-state index in [0.29, 0.717) is 5.75 Å². The summed E-state index contributed by atoms with van der Waals surface area (Å²) in [4.78, 5) is 0. The second-order valence-electron chi connectivity index (χ2n) is 5.39. The average molecular weight is 262 g/mol. The molecule has 1 aromatic rings. The Labute approximate surface area is 115 Å². The van der Waals surface area contributed by atoms with E-state index in [1.807, 2.05) is 39.0 Å². The third-order valence-corrected chi connectivity index (χ3v) is 3.24. The number of hydrogen-bond acceptors (Lipinski definition) is 3. The minimum atomic E-state index is -0.324. The largest absolute Gasteiger partial charge is 0.490 e. The Morgan fingerprint density at radius 1 is 1.32 bits per heavy atom. The van der Waals surface area contributed by atoms with Crippen molar-refractivity contribution >= 4 is 6.08 Å². The summed E-state index contributed by atoms with van der Waals surface area (Å²) in [7, 11) is 1.65. The van der Waals surface area contributed by atoms with E-state index in [1.54, 1.807) is 7.11 Å². The van der Waals surface area contributed by atoms with Crippen LogP contribution < -0.4 is 14.2 Å². The third kappa shape index (κ3) is 2.86. The van der Waals surface area contributed by atoms with E-state index < -0.39 is 0 Å². The van der Waals surface area contributed by atoms with Gasteiger partial charge in [0.1, 0.15) is 5.60 Å². The lowest BCUT2D eigenvalue weighted by molar-refractivity contribution is 0.147. The molecule has 0 amide bonds. The Morgan fingerprint density at radius 3 is 2.68 bits per heavy atom. The molecular formula is C16H22O3. The molecule has 1 aliphatic heterocycles. The fourth-order valence-corrected chi connectivity index (χ4v) is 1.97. The Morgan fingerprint density at radius 2 is 2.05 bits per heavy atom. The van der Waals surface area contributed by atoms with Crippen LogP contribution in [0.4, 0.5) is 0 Å². The number of ether oxygens (including phenoxy) is 3. The summed E-state index contributed by atoms with van der Waals surface area (Å²) >= 11 is 0. The molecule has 3 heteroatoms. The molecule has 1 heterocycles. The highest BCUT2D eigenvalue weighted by Gasteiger charge is 2.26. The molecule has 0 N–H and O–H groups in total. The molecular weight excluding hydrogens is 240 g/mol. The number of methoxy groups -OCH3 is 1. The lowest BCUT2D eigenvalue weighted by Gasteiger charge is -2.29. The van der Waals surface area contributed by atoms with Gasteiger partial charge in [0.2, 0.25) is 5.75 Å². The van der Waals surface area contributed by atoms with Crippen molar-refractivity contribution < 1.29 is 14.2 Å². The zero-order valence-corrected chi connectivity index (χ0v) is 12.3. The smallest absolute Gasteiger partial charge is 0.203 e. The first-order valence-electron chi connectivity index (χ1n) is 6.72. The van der Waals surface area contributed by atoms with E-state index in [4.69, 9.17) is 14.2 Å². The normalized spacial score (nSPS) is 17.3. The molecule has 0 bridgehead atoms. The molecule has 0 aromatic heterocycles. The van der Waals surface area contributed by atoms with Gasteiger partial charge in [-0.3, -0.25) is 0 Å². The zero-order chi connectivity index (χ0) is 14.0. The minimum Gasteiger partial charge on any atom is -0.490 e. The lowest BCUT2D eigenvalue weighted by atomic mass is 10.0. The first-order chi connectivity index (χ1) is 8.96. The second-order valence-corrected chi connectivity index (χ2v) is 5.39. The quantitative estimate of drug-likeness (QED) is 0.819. The van der Waals surface area contributed by atoms with Crippen molar-refractivity contribution in [3.8, 4) is 17.2 Å². The molecule has 1 aromatic carbocycles. The van der Waals surface area contributed by atoms with Crippen molar-refractivity contribution in [2.75, 3.05) is 7.11 Å².